The molecule has 0 bridgehead atoms. The zero-order valence-electron chi connectivity index (χ0n) is 9.39. The summed E-state index contributed by atoms with van der Waals surface area (Å²) in [5.74, 6) is 0.694. The first kappa shape index (κ1) is 10.4. The molecule has 1 aliphatic heterocycles. The highest BCUT2D eigenvalue weighted by atomic mass is 16.5. The van der Waals surface area contributed by atoms with E-state index in [1.807, 2.05) is 11.9 Å². The number of likely N-dealkylation sites (N-methyl/N-ethyl adjacent to an activating group) is 1. The molecule has 3 rings (SSSR count). The Labute approximate surface area is 97.7 Å². The van der Waals surface area contributed by atoms with Crippen LogP contribution in [0.3, 0.4) is 0 Å². The van der Waals surface area contributed by atoms with Crippen LogP contribution in [0.2, 0.25) is 0 Å². The predicted molar refractivity (Wildman–Crippen MR) is 59.8 cm³/mol. The molecule has 1 saturated heterocycles. The third kappa shape index (κ3) is 1.63. The van der Waals surface area contributed by atoms with Crippen molar-refractivity contribution >= 4 is 11.5 Å². The molecule has 1 aliphatic rings. The predicted octanol–water partition coefficient (Wildman–Crippen LogP) is -0.680. The molecule has 0 radical (unpaired) electrons. The van der Waals surface area contributed by atoms with E-state index in [-0.39, 0.29) is 6.04 Å². The second-order valence-electron chi connectivity index (χ2n) is 4.10. The van der Waals surface area contributed by atoms with Crippen molar-refractivity contribution in [3.63, 3.8) is 0 Å². The molecule has 90 valence electrons. The molecule has 7 heteroatoms. The summed E-state index contributed by atoms with van der Waals surface area (Å²) >= 11 is 0. The number of hydrogen-bond donors (Lipinski definition) is 1. The van der Waals surface area contributed by atoms with Gasteiger partial charge in [-0.05, 0) is 0 Å². The highest BCUT2D eigenvalue weighted by molar-refractivity contribution is 5.63. The van der Waals surface area contributed by atoms with Crippen LogP contribution in [0.15, 0.2) is 18.7 Å². The molecule has 0 spiro atoms. The number of aromatic nitrogens is 4. The summed E-state index contributed by atoms with van der Waals surface area (Å²) in [6.07, 6.45) is 4.60. The summed E-state index contributed by atoms with van der Waals surface area (Å²) in [6.45, 7) is 0.860. The maximum absolute atomic E-state index is 9.81. The van der Waals surface area contributed by atoms with Crippen molar-refractivity contribution in [2.24, 2.45) is 0 Å². The zero-order valence-corrected chi connectivity index (χ0v) is 9.39. The molecule has 1 fully saturated rings. The zero-order chi connectivity index (χ0) is 11.8. The van der Waals surface area contributed by atoms with E-state index in [1.165, 1.54) is 0 Å². The second kappa shape index (κ2) is 3.94. The Hall–Kier alpha value is -1.73. The maximum Gasteiger partial charge on any atom is 0.203 e. The number of aliphatic hydroxyl groups is 1. The topological polar surface area (TPSA) is 75.8 Å². The van der Waals surface area contributed by atoms with Gasteiger partial charge in [-0.3, -0.25) is 4.40 Å². The summed E-state index contributed by atoms with van der Waals surface area (Å²) in [4.78, 5) is 6.18. The van der Waals surface area contributed by atoms with Gasteiger partial charge in [0.15, 0.2) is 5.82 Å². The molecule has 0 saturated carbocycles. The SMILES string of the molecule is CN(c1nccn2cnnc12)[C@@H]1COC[C@H]1O. The fourth-order valence-corrected chi connectivity index (χ4v) is 2.05. The molecule has 17 heavy (non-hydrogen) atoms. The van der Waals surface area contributed by atoms with Gasteiger partial charge in [-0.25, -0.2) is 4.98 Å². The number of nitrogens with zero attached hydrogens (tertiary/aromatic N) is 5. The lowest BCUT2D eigenvalue weighted by atomic mass is 10.2. The van der Waals surface area contributed by atoms with Crippen LogP contribution in [0.4, 0.5) is 5.82 Å². The van der Waals surface area contributed by atoms with Gasteiger partial charge >= 0.3 is 0 Å². The molecule has 2 aromatic heterocycles. The summed E-state index contributed by atoms with van der Waals surface area (Å²) in [7, 11) is 1.87. The summed E-state index contributed by atoms with van der Waals surface area (Å²) < 4.78 is 7.04. The van der Waals surface area contributed by atoms with Gasteiger partial charge in [-0.1, -0.05) is 0 Å². The molecule has 0 unspecified atom stereocenters. The number of hydrogen-bond acceptors (Lipinski definition) is 6. The van der Waals surface area contributed by atoms with Crippen molar-refractivity contribution in [3.8, 4) is 0 Å². The van der Waals surface area contributed by atoms with E-state index in [2.05, 4.69) is 15.2 Å². The van der Waals surface area contributed by atoms with Crippen molar-refractivity contribution in [3.05, 3.63) is 18.7 Å². The second-order valence-corrected chi connectivity index (χ2v) is 4.10. The molecule has 3 heterocycles. The number of anilines is 1. The van der Waals surface area contributed by atoms with Gasteiger partial charge < -0.3 is 14.7 Å². The van der Waals surface area contributed by atoms with Crippen LogP contribution in [0.1, 0.15) is 0 Å². The average molecular weight is 235 g/mol. The van der Waals surface area contributed by atoms with Gasteiger partial charge in [0.2, 0.25) is 5.65 Å². The number of rotatable bonds is 2. The summed E-state index contributed by atoms with van der Waals surface area (Å²) in [5.41, 5.74) is 0.675. The lowest BCUT2D eigenvalue weighted by Gasteiger charge is -2.26. The first-order valence-corrected chi connectivity index (χ1v) is 5.40. The van der Waals surface area contributed by atoms with Crippen LogP contribution in [0.5, 0.6) is 0 Å². The molecule has 0 amide bonds. The Morgan fingerprint density at radius 2 is 2.41 bits per heavy atom. The minimum atomic E-state index is -0.495. The largest absolute Gasteiger partial charge is 0.388 e. The van der Waals surface area contributed by atoms with Crippen LogP contribution >= 0.6 is 0 Å². The Kier molecular flexibility index (Phi) is 2.41. The van der Waals surface area contributed by atoms with E-state index in [0.717, 1.165) is 0 Å². The average Bonchev–Trinajstić information content (AvgIpc) is 2.95. The summed E-state index contributed by atoms with van der Waals surface area (Å²) in [6, 6.07) is -0.0922. The molecule has 7 nitrogen and oxygen atoms in total. The van der Waals surface area contributed by atoms with Crippen LogP contribution in [0.25, 0.3) is 5.65 Å². The van der Waals surface area contributed by atoms with E-state index in [9.17, 15) is 5.11 Å². The van der Waals surface area contributed by atoms with E-state index < -0.39 is 6.10 Å². The highest BCUT2D eigenvalue weighted by Crippen LogP contribution is 2.21. The Bertz CT molecular complexity index is 528. The molecule has 2 atom stereocenters. The normalized spacial score (nSPS) is 24.4. The van der Waals surface area contributed by atoms with Gasteiger partial charge in [0.25, 0.3) is 0 Å². The standard InChI is InChI=1S/C10H13N5O2/c1-14(7-4-17-5-8(7)16)9-10-13-12-6-15(10)3-2-11-9/h2-3,6-8,16H,4-5H2,1H3/t7-,8-/m1/s1. The lowest BCUT2D eigenvalue weighted by molar-refractivity contribution is 0.124. The quantitative estimate of drug-likeness (QED) is 0.743. The minimum absolute atomic E-state index is 0.0922. The van der Waals surface area contributed by atoms with E-state index in [0.29, 0.717) is 24.7 Å². The third-order valence-corrected chi connectivity index (χ3v) is 3.05. The summed E-state index contributed by atoms with van der Waals surface area (Å²) in [5, 5.41) is 17.7. The number of ether oxygens (including phenoxy) is 1. The van der Waals surface area contributed by atoms with Crippen LogP contribution < -0.4 is 4.90 Å². The highest BCUT2D eigenvalue weighted by Gasteiger charge is 2.31. The van der Waals surface area contributed by atoms with Gasteiger partial charge in [-0.15, -0.1) is 10.2 Å². The molecule has 1 N–H and O–H groups in total. The van der Waals surface area contributed by atoms with Crippen LogP contribution in [-0.2, 0) is 4.74 Å². The van der Waals surface area contributed by atoms with Crippen molar-refractivity contribution in [1.29, 1.82) is 0 Å². The van der Waals surface area contributed by atoms with E-state index in [1.54, 1.807) is 23.1 Å². The Morgan fingerprint density at radius 1 is 1.53 bits per heavy atom. The van der Waals surface area contributed by atoms with Gasteiger partial charge in [0.1, 0.15) is 6.33 Å². The lowest BCUT2D eigenvalue weighted by Crippen LogP contribution is -2.41. The molecule has 0 aromatic carbocycles. The number of aliphatic hydroxyl groups excluding tert-OH is 1. The molecular weight excluding hydrogens is 222 g/mol. The molecule has 2 aromatic rings. The monoisotopic (exact) mass is 235 g/mol. The Balaban J connectivity index is 2.00. The molecular formula is C10H13N5O2. The smallest absolute Gasteiger partial charge is 0.203 e. The first-order valence-electron chi connectivity index (χ1n) is 5.40. The maximum atomic E-state index is 9.81. The van der Waals surface area contributed by atoms with Crippen LogP contribution in [-0.4, -0.2) is 57.1 Å². The van der Waals surface area contributed by atoms with Gasteiger partial charge in [-0.2, -0.15) is 0 Å². The van der Waals surface area contributed by atoms with Crippen molar-refractivity contribution in [2.45, 2.75) is 12.1 Å². The van der Waals surface area contributed by atoms with Gasteiger partial charge in [0.05, 0.1) is 25.4 Å². The van der Waals surface area contributed by atoms with Gasteiger partial charge in [0, 0.05) is 19.4 Å². The fourth-order valence-electron chi connectivity index (χ4n) is 2.05. The first-order chi connectivity index (χ1) is 8.27. The fraction of sp³-hybridized carbons (Fsp3) is 0.500. The minimum Gasteiger partial charge on any atom is -0.388 e. The van der Waals surface area contributed by atoms with E-state index >= 15 is 0 Å². The third-order valence-electron chi connectivity index (χ3n) is 3.05. The van der Waals surface area contributed by atoms with Crippen molar-refractivity contribution < 1.29 is 9.84 Å². The Morgan fingerprint density at radius 3 is 3.18 bits per heavy atom. The van der Waals surface area contributed by atoms with Crippen molar-refractivity contribution in [2.75, 3.05) is 25.2 Å². The molecule has 0 aliphatic carbocycles. The van der Waals surface area contributed by atoms with Crippen molar-refractivity contribution in [1.82, 2.24) is 19.6 Å². The van der Waals surface area contributed by atoms with E-state index in [4.69, 9.17) is 4.74 Å². The number of fused-ring (bicyclic) bond motifs is 1. The van der Waals surface area contributed by atoms with Crippen LogP contribution in [0, 0.1) is 0 Å².